The average Bonchev–Trinajstić information content (AvgIpc) is 3.40. The van der Waals surface area contributed by atoms with Crippen LogP contribution in [-0.2, 0) is 16.1 Å². The normalized spacial score (nSPS) is 14.7. The molecule has 2 aromatic rings. The van der Waals surface area contributed by atoms with Crippen molar-refractivity contribution >= 4 is 24.2 Å². The number of amides is 2. The van der Waals surface area contributed by atoms with E-state index in [1.165, 1.54) is 21.3 Å². The monoisotopic (exact) mass is 563 g/mol. The van der Waals surface area contributed by atoms with Gasteiger partial charge >= 0.3 is 0 Å². The maximum absolute atomic E-state index is 13.2. The standard InChI is InChI=1S/C29H41N3O6.ClH/c1-20-10-9-11-21(14-20)17-38-26-24(36-5)15-22(16-25(26)37-6)27(33)31-23(18-35-4)28(34)30-19-29(32(2)3)12-7-8-13-29;/h9-11,14-16,23H,7-8,12-13,17-19H2,1-6H3,(H,30,34)(H,31,33);1H/t23-;/m0./s1. The predicted octanol–water partition coefficient (Wildman–Crippen LogP) is 3.75. The summed E-state index contributed by atoms with van der Waals surface area (Å²) in [5.74, 6) is 0.357. The van der Waals surface area contributed by atoms with Crippen molar-refractivity contribution in [3.05, 3.63) is 53.1 Å². The Labute approximate surface area is 237 Å². The van der Waals surface area contributed by atoms with Crippen molar-refractivity contribution in [3.63, 3.8) is 0 Å². The molecule has 1 saturated carbocycles. The number of carbonyl (C=O) groups is 2. The van der Waals surface area contributed by atoms with Gasteiger partial charge < -0.3 is 34.5 Å². The molecule has 1 aliphatic rings. The minimum absolute atomic E-state index is 0. The topological polar surface area (TPSA) is 98.4 Å². The zero-order chi connectivity index (χ0) is 27.7. The van der Waals surface area contributed by atoms with E-state index in [-0.39, 0.29) is 36.0 Å². The molecule has 0 heterocycles. The van der Waals surface area contributed by atoms with Crippen molar-refractivity contribution in [3.8, 4) is 17.2 Å². The summed E-state index contributed by atoms with van der Waals surface area (Å²) in [6.45, 7) is 2.89. The van der Waals surface area contributed by atoms with Gasteiger partial charge in [-0.1, -0.05) is 42.7 Å². The summed E-state index contributed by atoms with van der Waals surface area (Å²) >= 11 is 0. The van der Waals surface area contributed by atoms with E-state index >= 15 is 0 Å². The van der Waals surface area contributed by atoms with Crippen LogP contribution in [0.25, 0.3) is 0 Å². The Hall–Kier alpha value is -3.01. The first-order valence-corrected chi connectivity index (χ1v) is 12.9. The summed E-state index contributed by atoms with van der Waals surface area (Å²) in [5, 5.41) is 5.83. The van der Waals surface area contributed by atoms with E-state index in [1.807, 2.05) is 45.3 Å². The third-order valence-corrected chi connectivity index (χ3v) is 7.22. The fourth-order valence-electron chi connectivity index (χ4n) is 4.89. The van der Waals surface area contributed by atoms with Crippen molar-refractivity contribution in [1.29, 1.82) is 0 Å². The van der Waals surface area contributed by atoms with Gasteiger partial charge in [-0.25, -0.2) is 0 Å². The molecule has 0 aromatic heterocycles. The van der Waals surface area contributed by atoms with Gasteiger partial charge in [0.05, 0.1) is 20.8 Å². The van der Waals surface area contributed by atoms with E-state index in [4.69, 9.17) is 18.9 Å². The molecule has 39 heavy (non-hydrogen) atoms. The number of nitrogens with zero attached hydrogens (tertiary/aromatic N) is 1. The van der Waals surface area contributed by atoms with Gasteiger partial charge in [0.15, 0.2) is 11.5 Å². The lowest BCUT2D eigenvalue weighted by atomic mass is 9.96. The zero-order valence-corrected chi connectivity index (χ0v) is 24.6. The first-order valence-electron chi connectivity index (χ1n) is 12.9. The molecule has 0 radical (unpaired) electrons. The minimum atomic E-state index is -0.859. The molecule has 10 heteroatoms. The van der Waals surface area contributed by atoms with Gasteiger partial charge in [-0.3, -0.25) is 9.59 Å². The molecule has 0 saturated heterocycles. The molecule has 0 spiro atoms. The van der Waals surface area contributed by atoms with Crippen LogP contribution in [0.2, 0.25) is 0 Å². The molecule has 1 atom stereocenters. The molecular weight excluding hydrogens is 522 g/mol. The first kappa shape index (κ1) is 32.2. The lowest BCUT2D eigenvalue weighted by Crippen LogP contribution is -2.55. The molecule has 9 nitrogen and oxygen atoms in total. The smallest absolute Gasteiger partial charge is 0.252 e. The van der Waals surface area contributed by atoms with Crippen LogP contribution in [0.15, 0.2) is 36.4 Å². The Morgan fingerprint density at radius 2 is 1.67 bits per heavy atom. The molecule has 3 rings (SSSR count). The van der Waals surface area contributed by atoms with E-state index in [9.17, 15) is 9.59 Å². The third-order valence-electron chi connectivity index (χ3n) is 7.22. The largest absolute Gasteiger partial charge is 0.493 e. The van der Waals surface area contributed by atoms with Gasteiger partial charge in [0, 0.05) is 24.8 Å². The summed E-state index contributed by atoms with van der Waals surface area (Å²) in [7, 11) is 8.58. The van der Waals surface area contributed by atoms with Crippen LogP contribution in [-0.4, -0.2) is 76.9 Å². The highest BCUT2D eigenvalue weighted by molar-refractivity contribution is 5.98. The van der Waals surface area contributed by atoms with Gasteiger partial charge in [0.2, 0.25) is 11.7 Å². The zero-order valence-electron chi connectivity index (χ0n) is 23.8. The Morgan fingerprint density at radius 3 is 2.21 bits per heavy atom. The average molecular weight is 564 g/mol. The van der Waals surface area contributed by atoms with Crippen LogP contribution in [0.5, 0.6) is 17.2 Å². The lowest BCUT2D eigenvalue weighted by Gasteiger charge is -2.36. The van der Waals surface area contributed by atoms with E-state index in [2.05, 4.69) is 15.5 Å². The van der Waals surface area contributed by atoms with Gasteiger partial charge in [-0.15, -0.1) is 12.4 Å². The number of rotatable bonds is 13. The van der Waals surface area contributed by atoms with Crippen LogP contribution in [0.1, 0.15) is 47.2 Å². The number of hydrogen-bond donors (Lipinski definition) is 2. The van der Waals surface area contributed by atoms with Crippen LogP contribution in [0.3, 0.4) is 0 Å². The maximum atomic E-state index is 13.2. The summed E-state index contributed by atoms with van der Waals surface area (Å²) in [6, 6.07) is 10.3. The Kier molecular flexibility index (Phi) is 12.3. The van der Waals surface area contributed by atoms with Crippen LogP contribution in [0.4, 0.5) is 0 Å². The molecule has 0 aliphatic heterocycles. The maximum Gasteiger partial charge on any atom is 0.252 e. The van der Waals surface area contributed by atoms with Crippen LogP contribution >= 0.6 is 12.4 Å². The number of aryl methyl sites for hydroxylation is 1. The quantitative estimate of drug-likeness (QED) is 0.383. The van der Waals surface area contributed by atoms with Gasteiger partial charge in [0.1, 0.15) is 12.6 Å². The molecule has 0 unspecified atom stereocenters. The molecule has 2 N–H and O–H groups in total. The summed E-state index contributed by atoms with van der Waals surface area (Å²) in [5.41, 5.74) is 2.34. The Morgan fingerprint density at radius 1 is 1.03 bits per heavy atom. The third kappa shape index (κ3) is 8.24. The number of ether oxygens (including phenoxy) is 4. The minimum Gasteiger partial charge on any atom is -0.493 e. The number of hydrogen-bond acceptors (Lipinski definition) is 7. The number of halogens is 1. The highest BCUT2D eigenvalue weighted by atomic mass is 35.5. The number of nitrogens with one attached hydrogen (secondary N) is 2. The highest BCUT2D eigenvalue weighted by Gasteiger charge is 2.37. The molecule has 0 bridgehead atoms. The summed E-state index contributed by atoms with van der Waals surface area (Å²) < 4.78 is 22.3. The van der Waals surface area contributed by atoms with E-state index in [0.29, 0.717) is 30.4 Å². The van der Waals surface area contributed by atoms with Gasteiger partial charge in [-0.2, -0.15) is 0 Å². The summed E-state index contributed by atoms with van der Waals surface area (Å²) in [6.07, 6.45) is 4.33. The second-order valence-corrected chi connectivity index (χ2v) is 10.0. The second kappa shape index (κ2) is 15.0. The van der Waals surface area contributed by atoms with Gasteiger partial charge in [-0.05, 0) is 51.6 Å². The predicted molar refractivity (Wildman–Crippen MR) is 153 cm³/mol. The van der Waals surface area contributed by atoms with Crippen molar-refractivity contribution in [2.75, 3.05) is 48.6 Å². The van der Waals surface area contributed by atoms with E-state index < -0.39 is 11.9 Å². The summed E-state index contributed by atoms with van der Waals surface area (Å²) in [4.78, 5) is 28.5. The van der Waals surface area contributed by atoms with Crippen molar-refractivity contribution in [1.82, 2.24) is 15.5 Å². The molecule has 2 amide bonds. The van der Waals surface area contributed by atoms with Gasteiger partial charge in [0.25, 0.3) is 5.91 Å². The molecule has 1 aliphatic carbocycles. The van der Waals surface area contributed by atoms with E-state index in [1.54, 1.807) is 12.1 Å². The van der Waals surface area contributed by atoms with Crippen LogP contribution < -0.4 is 24.8 Å². The Balaban J connectivity index is 0.00000533. The van der Waals surface area contributed by atoms with Crippen molar-refractivity contribution in [2.45, 2.75) is 50.8 Å². The fourth-order valence-corrected chi connectivity index (χ4v) is 4.89. The number of carbonyl (C=O) groups excluding carboxylic acids is 2. The molecular formula is C29H42ClN3O6. The fraction of sp³-hybridized carbons (Fsp3) is 0.517. The van der Waals surface area contributed by atoms with Crippen molar-refractivity contribution < 1.29 is 28.5 Å². The number of methoxy groups -OCH3 is 3. The van der Waals surface area contributed by atoms with Crippen LogP contribution in [0, 0.1) is 6.92 Å². The molecule has 1 fully saturated rings. The first-order chi connectivity index (χ1) is 18.2. The number of likely N-dealkylation sites (N-methyl/N-ethyl adjacent to an activating group) is 1. The highest BCUT2D eigenvalue weighted by Crippen LogP contribution is 2.39. The second-order valence-electron chi connectivity index (χ2n) is 10.0. The lowest BCUT2D eigenvalue weighted by molar-refractivity contribution is -0.124. The van der Waals surface area contributed by atoms with Crippen molar-refractivity contribution in [2.24, 2.45) is 0 Å². The SMILES string of the molecule is COC[C@H](NC(=O)c1cc(OC)c(OCc2cccc(C)c2)c(OC)c1)C(=O)NCC1(N(C)C)CCCC1.Cl. The van der Waals surface area contributed by atoms with E-state index in [0.717, 1.165) is 36.8 Å². The Bertz CT molecular complexity index is 1080. The molecule has 2 aromatic carbocycles. The number of benzene rings is 2. The molecule has 216 valence electrons.